The van der Waals surface area contributed by atoms with E-state index >= 15 is 0 Å². The molecule has 0 aliphatic carbocycles. The van der Waals surface area contributed by atoms with Crippen LogP contribution < -0.4 is 5.32 Å². The molecule has 0 amide bonds. The van der Waals surface area contributed by atoms with Crippen molar-refractivity contribution in [3.63, 3.8) is 0 Å². The summed E-state index contributed by atoms with van der Waals surface area (Å²) in [5, 5.41) is 3.30. The van der Waals surface area contributed by atoms with Crippen LogP contribution in [0.15, 0.2) is 12.1 Å². The molecule has 3 nitrogen and oxygen atoms in total. The van der Waals surface area contributed by atoms with E-state index < -0.39 is 9.84 Å². The molecule has 19 heavy (non-hydrogen) atoms. The highest BCUT2D eigenvalue weighted by atomic mass is 32.2. The van der Waals surface area contributed by atoms with Gasteiger partial charge in [-0.25, -0.2) is 8.42 Å². The number of nitrogens with one attached hydrogen (secondary N) is 1. The molecule has 0 fully saturated rings. The first-order valence-electron chi connectivity index (χ1n) is 6.78. The number of rotatable bonds is 6. The SMILES string of the molecule is CCS(=O)(=O)CCNC(C)c1cc(C)c(C)cc1C. The van der Waals surface area contributed by atoms with E-state index in [9.17, 15) is 8.42 Å². The van der Waals surface area contributed by atoms with Crippen LogP contribution in [0, 0.1) is 20.8 Å². The van der Waals surface area contributed by atoms with E-state index in [0.717, 1.165) is 0 Å². The van der Waals surface area contributed by atoms with Crippen molar-refractivity contribution in [3.8, 4) is 0 Å². The van der Waals surface area contributed by atoms with Gasteiger partial charge in [-0.15, -0.1) is 0 Å². The van der Waals surface area contributed by atoms with Gasteiger partial charge in [-0.05, 0) is 49.9 Å². The number of hydrogen-bond acceptors (Lipinski definition) is 3. The second kappa shape index (κ2) is 6.53. The summed E-state index contributed by atoms with van der Waals surface area (Å²) in [7, 11) is -2.88. The standard InChI is InChI=1S/C15H25NO2S/c1-6-19(17,18)8-7-16-14(5)15-10-12(3)11(2)9-13(15)4/h9-10,14,16H,6-8H2,1-5H3. The number of aryl methyl sites for hydroxylation is 3. The van der Waals surface area contributed by atoms with Crippen LogP contribution in [0.5, 0.6) is 0 Å². The molecule has 0 spiro atoms. The van der Waals surface area contributed by atoms with Crippen molar-refractivity contribution in [1.29, 1.82) is 0 Å². The Kier molecular flexibility index (Phi) is 5.56. The fourth-order valence-corrected chi connectivity index (χ4v) is 2.85. The molecule has 0 aliphatic heterocycles. The highest BCUT2D eigenvalue weighted by molar-refractivity contribution is 7.91. The van der Waals surface area contributed by atoms with Gasteiger partial charge >= 0.3 is 0 Å². The van der Waals surface area contributed by atoms with Crippen LogP contribution in [0.25, 0.3) is 0 Å². The summed E-state index contributed by atoms with van der Waals surface area (Å²) in [6, 6.07) is 4.55. The third-order valence-electron chi connectivity index (χ3n) is 3.65. The zero-order valence-electron chi connectivity index (χ0n) is 12.6. The Bertz CT molecular complexity index is 535. The van der Waals surface area contributed by atoms with Gasteiger partial charge in [-0.1, -0.05) is 19.1 Å². The third kappa shape index (κ3) is 4.62. The van der Waals surface area contributed by atoms with Gasteiger partial charge in [0.25, 0.3) is 0 Å². The fraction of sp³-hybridized carbons (Fsp3) is 0.600. The number of hydrogen-bond donors (Lipinski definition) is 1. The Hall–Kier alpha value is -0.870. The van der Waals surface area contributed by atoms with Crippen molar-refractivity contribution in [3.05, 3.63) is 34.4 Å². The number of benzene rings is 1. The molecule has 0 saturated heterocycles. The maximum absolute atomic E-state index is 11.4. The second-order valence-corrected chi connectivity index (χ2v) is 7.68. The first-order chi connectivity index (χ1) is 8.76. The lowest BCUT2D eigenvalue weighted by molar-refractivity contribution is 0.571. The summed E-state index contributed by atoms with van der Waals surface area (Å²) in [6.07, 6.45) is 0. The topological polar surface area (TPSA) is 46.2 Å². The average Bonchev–Trinajstić information content (AvgIpc) is 2.33. The predicted octanol–water partition coefficient (Wildman–Crippen LogP) is 2.70. The quantitative estimate of drug-likeness (QED) is 0.873. The normalized spacial score (nSPS) is 13.5. The molecule has 108 valence electrons. The maximum atomic E-state index is 11.4. The maximum Gasteiger partial charge on any atom is 0.151 e. The molecular formula is C15H25NO2S. The van der Waals surface area contributed by atoms with Gasteiger partial charge in [0, 0.05) is 18.3 Å². The van der Waals surface area contributed by atoms with Crippen LogP contribution in [0.1, 0.15) is 42.1 Å². The van der Waals surface area contributed by atoms with E-state index in [4.69, 9.17) is 0 Å². The van der Waals surface area contributed by atoms with Gasteiger partial charge in [0.2, 0.25) is 0 Å². The Morgan fingerprint density at radius 1 is 1.11 bits per heavy atom. The summed E-state index contributed by atoms with van der Waals surface area (Å²) in [5.41, 5.74) is 5.07. The van der Waals surface area contributed by atoms with Gasteiger partial charge in [-0.2, -0.15) is 0 Å². The van der Waals surface area contributed by atoms with E-state index in [0.29, 0.717) is 6.54 Å². The lowest BCUT2D eigenvalue weighted by Crippen LogP contribution is -2.26. The second-order valence-electron chi connectivity index (χ2n) is 5.21. The highest BCUT2D eigenvalue weighted by Crippen LogP contribution is 2.21. The van der Waals surface area contributed by atoms with Crippen molar-refractivity contribution >= 4 is 9.84 Å². The average molecular weight is 283 g/mol. The van der Waals surface area contributed by atoms with E-state index in [1.807, 2.05) is 0 Å². The van der Waals surface area contributed by atoms with Gasteiger partial charge in [-0.3, -0.25) is 0 Å². The molecule has 1 atom stereocenters. The van der Waals surface area contributed by atoms with Crippen LogP contribution >= 0.6 is 0 Å². The molecule has 1 rings (SSSR count). The van der Waals surface area contributed by atoms with E-state index in [2.05, 4.69) is 45.1 Å². The molecule has 0 bridgehead atoms. The zero-order chi connectivity index (χ0) is 14.6. The fourth-order valence-electron chi connectivity index (χ4n) is 2.13. The van der Waals surface area contributed by atoms with Crippen molar-refractivity contribution in [1.82, 2.24) is 5.32 Å². The minimum Gasteiger partial charge on any atom is -0.309 e. The lowest BCUT2D eigenvalue weighted by atomic mass is 9.96. The van der Waals surface area contributed by atoms with Gasteiger partial charge in [0.1, 0.15) is 0 Å². The minimum absolute atomic E-state index is 0.173. The van der Waals surface area contributed by atoms with E-state index in [-0.39, 0.29) is 17.5 Å². The molecule has 1 aromatic rings. The summed E-state index contributed by atoms with van der Waals surface area (Å²) in [6.45, 7) is 10.6. The van der Waals surface area contributed by atoms with Crippen molar-refractivity contribution < 1.29 is 8.42 Å². The van der Waals surface area contributed by atoms with Crippen LogP contribution in [0.3, 0.4) is 0 Å². The van der Waals surface area contributed by atoms with Crippen molar-refractivity contribution in [2.75, 3.05) is 18.1 Å². The lowest BCUT2D eigenvalue weighted by Gasteiger charge is -2.18. The molecule has 0 aliphatic rings. The molecule has 1 unspecified atom stereocenters. The summed E-state index contributed by atoms with van der Waals surface area (Å²) in [5.74, 6) is 0.420. The van der Waals surface area contributed by atoms with Crippen molar-refractivity contribution in [2.24, 2.45) is 0 Å². The van der Waals surface area contributed by atoms with Crippen molar-refractivity contribution in [2.45, 2.75) is 40.7 Å². The Morgan fingerprint density at radius 3 is 2.26 bits per heavy atom. The molecule has 0 saturated carbocycles. The largest absolute Gasteiger partial charge is 0.309 e. The summed E-state index contributed by atoms with van der Waals surface area (Å²) < 4.78 is 22.9. The Balaban J connectivity index is 2.69. The first kappa shape index (κ1) is 16.2. The Morgan fingerprint density at radius 2 is 1.68 bits per heavy atom. The summed E-state index contributed by atoms with van der Waals surface area (Å²) in [4.78, 5) is 0. The molecule has 1 N–H and O–H groups in total. The first-order valence-corrected chi connectivity index (χ1v) is 8.60. The van der Waals surface area contributed by atoms with E-state index in [1.165, 1.54) is 22.3 Å². The van der Waals surface area contributed by atoms with E-state index in [1.54, 1.807) is 6.92 Å². The molecule has 4 heteroatoms. The van der Waals surface area contributed by atoms with Crippen LogP contribution in [0.4, 0.5) is 0 Å². The van der Waals surface area contributed by atoms with Crippen LogP contribution in [0.2, 0.25) is 0 Å². The smallest absolute Gasteiger partial charge is 0.151 e. The number of sulfone groups is 1. The molecule has 1 aromatic carbocycles. The predicted molar refractivity (Wildman–Crippen MR) is 81.4 cm³/mol. The monoisotopic (exact) mass is 283 g/mol. The Labute approximate surface area is 117 Å². The van der Waals surface area contributed by atoms with Gasteiger partial charge in [0.05, 0.1) is 5.75 Å². The third-order valence-corrected chi connectivity index (χ3v) is 5.36. The highest BCUT2D eigenvalue weighted by Gasteiger charge is 2.12. The van der Waals surface area contributed by atoms with Crippen LogP contribution in [-0.4, -0.2) is 26.5 Å². The van der Waals surface area contributed by atoms with Gasteiger partial charge in [0.15, 0.2) is 9.84 Å². The zero-order valence-corrected chi connectivity index (χ0v) is 13.4. The molecular weight excluding hydrogens is 258 g/mol. The van der Waals surface area contributed by atoms with Gasteiger partial charge < -0.3 is 5.32 Å². The minimum atomic E-state index is -2.88. The molecule has 0 aromatic heterocycles. The summed E-state index contributed by atoms with van der Waals surface area (Å²) >= 11 is 0. The molecule has 0 radical (unpaired) electrons. The van der Waals surface area contributed by atoms with Crippen LogP contribution in [-0.2, 0) is 9.84 Å². The molecule has 0 heterocycles.